The standard InChI is InChI=1S/C10H14N2O.C2H6/c1-10(2,3)8-5-4-7(6-12-8)9(11)13;1-2/h4-6H,1-3H3,(H2,11,13);1-2H3. The van der Waals surface area contributed by atoms with E-state index in [0.29, 0.717) is 5.56 Å². The fourth-order valence-corrected chi connectivity index (χ4v) is 0.983. The number of amides is 1. The van der Waals surface area contributed by atoms with Crippen LogP contribution in [0.4, 0.5) is 0 Å². The van der Waals surface area contributed by atoms with Gasteiger partial charge in [-0.25, -0.2) is 0 Å². The Kier molecular flexibility index (Phi) is 4.98. The Morgan fingerprint density at radius 1 is 1.27 bits per heavy atom. The molecule has 3 heteroatoms. The van der Waals surface area contributed by atoms with Gasteiger partial charge in [-0.2, -0.15) is 0 Å². The number of primary amides is 1. The molecule has 0 aliphatic carbocycles. The Labute approximate surface area is 91.7 Å². The number of carbonyl (C=O) groups excluding carboxylic acids is 1. The highest BCUT2D eigenvalue weighted by atomic mass is 16.1. The van der Waals surface area contributed by atoms with E-state index in [0.717, 1.165) is 5.69 Å². The Morgan fingerprint density at radius 3 is 2.07 bits per heavy atom. The first-order chi connectivity index (χ1) is 6.91. The van der Waals surface area contributed by atoms with E-state index in [4.69, 9.17) is 5.73 Å². The minimum atomic E-state index is -0.437. The van der Waals surface area contributed by atoms with Crippen molar-refractivity contribution in [3.8, 4) is 0 Å². The molecule has 0 bridgehead atoms. The zero-order valence-electron chi connectivity index (χ0n) is 10.2. The SMILES string of the molecule is CC.CC(C)(C)c1ccc(C(N)=O)cn1. The molecule has 0 fully saturated rings. The minimum Gasteiger partial charge on any atom is -0.366 e. The summed E-state index contributed by atoms with van der Waals surface area (Å²) >= 11 is 0. The van der Waals surface area contributed by atoms with Crippen LogP contribution in [-0.4, -0.2) is 10.9 Å². The van der Waals surface area contributed by atoms with Crippen LogP contribution in [0, 0.1) is 0 Å². The lowest BCUT2D eigenvalue weighted by Crippen LogP contribution is -2.16. The van der Waals surface area contributed by atoms with Crippen molar-refractivity contribution in [2.75, 3.05) is 0 Å². The van der Waals surface area contributed by atoms with Crippen LogP contribution in [0.5, 0.6) is 0 Å². The number of aromatic nitrogens is 1. The molecular formula is C12H20N2O. The van der Waals surface area contributed by atoms with Crippen molar-refractivity contribution in [2.24, 2.45) is 5.73 Å². The van der Waals surface area contributed by atoms with Gasteiger partial charge in [0.2, 0.25) is 5.91 Å². The van der Waals surface area contributed by atoms with Gasteiger partial charge >= 0.3 is 0 Å². The van der Waals surface area contributed by atoms with E-state index in [9.17, 15) is 4.79 Å². The van der Waals surface area contributed by atoms with Crippen molar-refractivity contribution in [3.05, 3.63) is 29.6 Å². The number of nitrogens with two attached hydrogens (primary N) is 1. The van der Waals surface area contributed by atoms with E-state index in [1.54, 1.807) is 6.07 Å². The molecule has 15 heavy (non-hydrogen) atoms. The molecule has 1 aromatic heterocycles. The predicted octanol–water partition coefficient (Wildman–Crippen LogP) is 2.50. The Morgan fingerprint density at radius 2 is 1.80 bits per heavy atom. The van der Waals surface area contributed by atoms with Crippen LogP contribution in [0.15, 0.2) is 18.3 Å². The van der Waals surface area contributed by atoms with Crippen LogP contribution < -0.4 is 5.73 Å². The second kappa shape index (κ2) is 5.49. The largest absolute Gasteiger partial charge is 0.366 e. The molecule has 0 aromatic carbocycles. The van der Waals surface area contributed by atoms with Gasteiger partial charge in [0.05, 0.1) is 5.56 Å². The molecule has 0 unspecified atom stereocenters. The van der Waals surface area contributed by atoms with Gasteiger partial charge < -0.3 is 5.73 Å². The highest BCUT2D eigenvalue weighted by molar-refractivity contribution is 5.92. The van der Waals surface area contributed by atoms with Gasteiger partial charge in [-0.3, -0.25) is 9.78 Å². The van der Waals surface area contributed by atoms with Crippen molar-refractivity contribution in [1.29, 1.82) is 0 Å². The maximum absolute atomic E-state index is 10.7. The van der Waals surface area contributed by atoms with Gasteiger partial charge in [0, 0.05) is 17.3 Å². The van der Waals surface area contributed by atoms with Crippen molar-refractivity contribution in [2.45, 2.75) is 40.0 Å². The lowest BCUT2D eigenvalue weighted by atomic mass is 9.91. The molecule has 0 aliphatic heterocycles. The van der Waals surface area contributed by atoms with E-state index in [2.05, 4.69) is 25.8 Å². The smallest absolute Gasteiger partial charge is 0.250 e. The monoisotopic (exact) mass is 208 g/mol. The molecular weight excluding hydrogens is 188 g/mol. The third-order valence-electron chi connectivity index (χ3n) is 1.82. The lowest BCUT2D eigenvalue weighted by molar-refractivity contribution is 0.1000. The fourth-order valence-electron chi connectivity index (χ4n) is 0.983. The second-order valence-electron chi connectivity index (χ2n) is 4.05. The first-order valence-corrected chi connectivity index (χ1v) is 5.17. The molecule has 0 aliphatic rings. The molecule has 0 atom stereocenters. The lowest BCUT2D eigenvalue weighted by Gasteiger charge is -2.17. The number of carbonyl (C=O) groups is 1. The average Bonchev–Trinajstić information content (AvgIpc) is 2.20. The summed E-state index contributed by atoms with van der Waals surface area (Å²) < 4.78 is 0. The van der Waals surface area contributed by atoms with Crippen molar-refractivity contribution < 1.29 is 4.79 Å². The summed E-state index contributed by atoms with van der Waals surface area (Å²) in [6.07, 6.45) is 1.52. The summed E-state index contributed by atoms with van der Waals surface area (Å²) in [4.78, 5) is 14.9. The van der Waals surface area contributed by atoms with Crippen LogP contribution in [0.25, 0.3) is 0 Å². The number of pyridine rings is 1. The van der Waals surface area contributed by atoms with Crippen LogP contribution in [0.1, 0.15) is 50.7 Å². The first kappa shape index (κ1) is 13.6. The zero-order valence-corrected chi connectivity index (χ0v) is 10.2. The molecule has 3 nitrogen and oxygen atoms in total. The summed E-state index contributed by atoms with van der Waals surface area (Å²) in [6.45, 7) is 10.2. The van der Waals surface area contributed by atoms with E-state index >= 15 is 0 Å². The van der Waals surface area contributed by atoms with Gasteiger partial charge in [0.15, 0.2) is 0 Å². The molecule has 0 spiro atoms. The van der Waals surface area contributed by atoms with Gasteiger partial charge in [-0.1, -0.05) is 34.6 Å². The molecule has 0 saturated heterocycles. The maximum Gasteiger partial charge on any atom is 0.250 e. The number of hydrogen-bond donors (Lipinski definition) is 1. The maximum atomic E-state index is 10.7. The highest BCUT2D eigenvalue weighted by Crippen LogP contribution is 2.19. The third-order valence-corrected chi connectivity index (χ3v) is 1.82. The van der Waals surface area contributed by atoms with E-state index in [-0.39, 0.29) is 5.41 Å². The summed E-state index contributed by atoms with van der Waals surface area (Å²) in [5.74, 6) is -0.437. The molecule has 1 heterocycles. The third kappa shape index (κ3) is 4.11. The number of hydrogen-bond acceptors (Lipinski definition) is 2. The second-order valence-corrected chi connectivity index (χ2v) is 4.05. The zero-order chi connectivity index (χ0) is 12.1. The number of rotatable bonds is 1. The Balaban J connectivity index is 0.000000921. The summed E-state index contributed by atoms with van der Waals surface area (Å²) in [5, 5.41) is 0. The van der Waals surface area contributed by atoms with Crippen molar-refractivity contribution in [1.82, 2.24) is 4.98 Å². The van der Waals surface area contributed by atoms with Crippen LogP contribution in [-0.2, 0) is 5.41 Å². The van der Waals surface area contributed by atoms with E-state index < -0.39 is 5.91 Å². The van der Waals surface area contributed by atoms with Crippen LogP contribution in [0.3, 0.4) is 0 Å². The topological polar surface area (TPSA) is 56.0 Å². The average molecular weight is 208 g/mol. The van der Waals surface area contributed by atoms with Crippen LogP contribution in [0.2, 0.25) is 0 Å². The minimum absolute atomic E-state index is 0.0101. The molecule has 1 aromatic rings. The van der Waals surface area contributed by atoms with Crippen molar-refractivity contribution in [3.63, 3.8) is 0 Å². The van der Waals surface area contributed by atoms with Gasteiger partial charge in [-0.05, 0) is 12.1 Å². The molecule has 0 saturated carbocycles. The predicted molar refractivity (Wildman–Crippen MR) is 62.8 cm³/mol. The van der Waals surface area contributed by atoms with Gasteiger partial charge in [0.25, 0.3) is 0 Å². The molecule has 1 rings (SSSR count). The normalized spacial score (nSPS) is 10.2. The van der Waals surface area contributed by atoms with Gasteiger partial charge in [0.1, 0.15) is 0 Å². The van der Waals surface area contributed by atoms with Gasteiger partial charge in [-0.15, -0.1) is 0 Å². The first-order valence-electron chi connectivity index (χ1n) is 5.17. The molecule has 84 valence electrons. The Bertz CT molecular complexity index is 309. The Hall–Kier alpha value is -1.38. The highest BCUT2D eigenvalue weighted by Gasteiger charge is 2.15. The molecule has 0 radical (unpaired) electrons. The van der Waals surface area contributed by atoms with E-state index in [1.807, 2.05) is 19.9 Å². The molecule has 2 N–H and O–H groups in total. The summed E-state index contributed by atoms with van der Waals surface area (Å²) in [7, 11) is 0. The number of nitrogens with zero attached hydrogens (tertiary/aromatic N) is 1. The quantitative estimate of drug-likeness (QED) is 0.771. The fraction of sp³-hybridized carbons (Fsp3) is 0.500. The van der Waals surface area contributed by atoms with E-state index in [1.165, 1.54) is 6.20 Å². The van der Waals surface area contributed by atoms with Crippen molar-refractivity contribution >= 4 is 5.91 Å². The molecule has 1 amide bonds. The van der Waals surface area contributed by atoms with Crippen LogP contribution >= 0.6 is 0 Å². The summed E-state index contributed by atoms with van der Waals surface area (Å²) in [6, 6.07) is 3.54. The summed E-state index contributed by atoms with van der Waals surface area (Å²) in [5.41, 5.74) is 6.51.